The van der Waals surface area contributed by atoms with E-state index in [1.54, 1.807) is 0 Å². The number of nitrogens with two attached hydrogens (primary N) is 1. The third-order valence-electron chi connectivity index (χ3n) is 3.45. The highest BCUT2D eigenvalue weighted by Gasteiger charge is 2.26. The van der Waals surface area contributed by atoms with Gasteiger partial charge in [-0.2, -0.15) is 0 Å². The molecule has 1 saturated carbocycles. The third-order valence-corrected chi connectivity index (χ3v) is 3.45. The van der Waals surface area contributed by atoms with Crippen molar-refractivity contribution < 1.29 is 9.90 Å². The fourth-order valence-corrected chi connectivity index (χ4v) is 2.23. The van der Waals surface area contributed by atoms with Gasteiger partial charge >= 0.3 is 0 Å². The van der Waals surface area contributed by atoms with Gasteiger partial charge in [-0.3, -0.25) is 4.79 Å². The Kier molecular flexibility index (Phi) is 5.92. The number of carbonyl (C=O) groups is 1. The molecule has 2 atom stereocenters. The van der Waals surface area contributed by atoms with E-state index in [2.05, 4.69) is 19.2 Å². The lowest BCUT2D eigenvalue weighted by Gasteiger charge is -2.21. The van der Waals surface area contributed by atoms with Crippen LogP contribution >= 0.6 is 0 Å². The molecule has 100 valence electrons. The Balaban J connectivity index is 2.28. The van der Waals surface area contributed by atoms with E-state index >= 15 is 0 Å². The number of hydrogen-bond acceptors (Lipinski definition) is 3. The standard InChI is InChI=1S/C13H26N2O2/c1-9(2)7-8-11(14)12(16)13(17)15-10-5-3-4-6-10/h9-12,16H,3-8,14H2,1-2H3,(H,15,17)/t11-,12?/m0/s1. The van der Waals surface area contributed by atoms with E-state index in [4.69, 9.17) is 5.73 Å². The van der Waals surface area contributed by atoms with Crippen molar-refractivity contribution in [1.82, 2.24) is 5.32 Å². The Morgan fingerprint density at radius 3 is 2.47 bits per heavy atom. The molecule has 17 heavy (non-hydrogen) atoms. The van der Waals surface area contributed by atoms with E-state index in [0.717, 1.165) is 19.3 Å². The second-order valence-corrected chi connectivity index (χ2v) is 5.57. The quantitative estimate of drug-likeness (QED) is 0.654. The van der Waals surface area contributed by atoms with Crippen molar-refractivity contribution in [3.05, 3.63) is 0 Å². The average molecular weight is 242 g/mol. The highest BCUT2D eigenvalue weighted by Crippen LogP contribution is 2.18. The van der Waals surface area contributed by atoms with Crippen LogP contribution in [-0.4, -0.2) is 29.2 Å². The van der Waals surface area contributed by atoms with Crippen LogP contribution in [0.3, 0.4) is 0 Å². The summed E-state index contributed by atoms with van der Waals surface area (Å²) in [5.74, 6) is 0.249. The van der Waals surface area contributed by atoms with Crippen molar-refractivity contribution in [3.8, 4) is 0 Å². The lowest BCUT2D eigenvalue weighted by atomic mass is 10.00. The lowest BCUT2D eigenvalue weighted by Crippen LogP contribution is -2.48. The van der Waals surface area contributed by atoms with E-state index in [-0.39, 0.29) is 11.9 Å². The van der Waals surface area contributed by atoms with Crippen molar-refractivity contribution in [2.24, 2.45) is 11.7 Å². The van der Waals surface area contributed by atoms with Gasteiger partial charge in [0.2, 0.25) is 0 Å². The summed E-state index contributed by atoms with van der Waals surface area (Å²) in [6.45, 7) is 4.22. The van der Waals surface area contributed by atoms with Crippen LogP contribution in [0.4, 0.5) is 0 Å². The molecule has 1 rings (SSSR count). The fraction of sp³-hybridized carbons (Fsp3) is 0.923. The summed E-state index contributed by atoms with van der Waals surface area (Å²) in [6.07, 6.45) is 4.96. The topological polar surface area (TPSA) is 75.3 Å². The highest BCUT2D eigenvalue weighted by molar-refractivity contribution is 5.81. The number of nitrogens with one attached hydrogen (secondary N) is 1. The molecule has 0 saturated heterocycles. The molecule has 0 spiro atoms. The van der Waals surface area contributed by atoms with Gasteiger partial charge in [-0.1, -0.05) is 26.7 Å². The van der Waals surface area contributed by atoms with Crippen LogP contribution in [0.15, 0.2) is 0 Å². The minimum atomic E-state index is -1.06. The molecule has 4 N–H and O–H groups in total. The van der Waals surface area contributed by atoms with Gasteiger partial charge in [0.25, 0.3) is 5.91 Å². The zero-order chi connectivity index (χ0) is 12.8. The van der Waals surface area contributed by atoms with Crippen molar-refractivity contribution in [3.63, 3.8) is 0 Å². The number of amides is 1. The van der Waals surface area contributed by atoms with Gasteiger partial charge < -0.3 is 16.2 Å². The molecule has 4 heteroatoms. The van der Waals surface area contributed by atoms with Crippen molar-refractivity contribution in [1.29, 1.82) is 0 Å². The molecule has 0 bridgehead atoms. The summed E-state index contributed by atoms with van der Waals surface area (Å²) in [5.41, 5.74) is 5.83. The molecule has 0 aromatic carbocycles. The summed E-state index contributed by atoms with van der Waals surface area (Å²) in [5, 5.41) is 12.7. The van der Waals surface area contributed by atoms with Gasteiger partial charge in [0.15, 0.2) is 0 Å². The Bertz CT molecular complexity index is 238. The minimum Gasteiger partial charge on any atom is -0.382 e. The van der Waals surface area contributed by atoms with Crippen LogP contribution in [0.25, 0.3) is 0 Å². The summed E-state index contributed by atoms with van der Waals surface area (Å²) in [6, 6.07) is -0.201. The normalized spacial score (nSPS) is 20.5. The van der Waals surface area contributed by atoms with E-state index in [1.807, 2.05) is 0 Å². The van der Waals surface area contributed by atoms with Crippen LogP contribution in [0.5, 0.6) is 0 Å². The number of rotatable bonds is 6. The van der Waals surface area contributed by atoms with Crippen LogP contribution in [0.2, 0.25) is 0 Å². The highest BCUT2D eigenvalue weighted by atomic mass is 16.3. The Hall–Kier alpha value is -0.610. The van der Waals surface area contributed by atoms with E-state index in [9.17, 15) is 9.90 Å². The molecule has 1 amide bonds. The first-order chi connectivity index (χ1) is 8.00. The smallest absolute Gasteiger partial charge is 0.250 e. The fourth-order valence-electron chi connectivity index (χ4n) is 2.23. The third kappa shape index (κ3) is 5.04. The number of hydrogen-bond donors (Lipinski definition) is 3. The van der Waals surface area contributed by atoms with Gasteiger partial charge in [0.1, 0.15) is 6.10 Å². The van der Waals surface area contributed by atoms with Crippen molar-refractivity contribution >= 4 is 5.91 Å². The first kappa shape index (κ1) is 14.5. The molecule has 0 aromatic heterocycles. The van der Waals surface area contributed by atoms with Crippen LogP contribution in [-0.2, 0) is 4.79 Å². The number of carbonyl (C=O) groups excluding carboxylic acids is 1. The molecule has 1 unspecified atom stereocenters. The van der Waals surface area contributed by atoms with E-state index in [0.29, 0.717) is 12.3 Å². The average Bonchev–Trinajstić information content (AvgIpc) is 2.77. The van der Waals surface area contributed by atoms with Gasteiger partial charge in [-0.05, 0) is 31.6 Å². The summed E-state index contributed by atoms with van der Waals surface area (Å²) in [4.78, 5) is 11.7. The molecule has 4 nitrogen and oxygen atoms in total. The minimum absolute atomic E-state index is 0.245. The van der Waals surface area contributed by atoms with Gasteiger partial charge in [0.05, 0.1) is 0 Å². The second kappa shape index (κ2) is 6.97. The van der Waals surface area contributed by atoms with Gasteiger partial charge in [-0.15, -0.1) is 0 Å². The van der Waals surface area contributed by atoms with E-state index < -0.39 is 12.1 Å². The van der Waals surface area contributed by atoms with Crippen LogP contribution < -0.4 is 11.1 Å². The molecule has 0 radical (unpaired) electrons. The van der Waals surface area contributed by atoms with Crippen molar-refractivity contribution in [2.75, 3.05) is 0 Å². The maximum absolute atomic E-state index is 11.7. The predicted molar refractivity (Wildman–Crippen MR) is 68.5 cm³/mol. The zero-order valence-corrected chi connectivity index (χ0v) is 11.0. The molecule has 1 aliphatic rings. The predicted octanol–water partition coefficient (Wildman–Crippen LogP) is 1.17. The first-order valence-corrected chi connectivity index (χ1v) is 6.74. The number of aliphatic hydroxyl groups excluding tert-OH is 1. The maximum Gasteiger partial charge on any atom is 0.250 e. The molecule has 0 aliphatic heterocycles. The lowest BCUT2D eigenvalue weighted by molar-refractivity contribution is -0.131. The molecule has 1 aliphatic carbocycles. The van der Waals surface area contributed by atoms with Crippen LogP contribution in [0.1, 0.15) is 52.4 Å². The molecular formula is C13H26N2O2. The molecule has 0 aromatic rings. The molecule has 0 heterocycles. The largest absolute Gasteiger partial charge is 0.382 e. The van der Waals surface area contributed by atoms with Gasteiger partial charge in [0, 0.05) is 12.1 Å². The molecular weight excluding hydrogens is 216 g/mol. The Morgan fingerprint density at radius 2 is 1.94 bits per heavy atom. The van der Waals surface area contributed by atoms with Gasteiger partial charge in [-0.25, -0.2) is 0 Å². The monoisotopic (exact) mass is 242 g/mol. The summed E-state index contributed by atoms with van der Waals surface area (Å²) >= 11 is 0. The van der Waals surface area contributed by atoms with Crippen molar-refractivity contribution in [2.45, 2.75) is 70.6 Å². The van der Waals surface area contributed by atoms with Crippen LogP contribution in [0, 0.1) is 5.92 Å². The Labute approximate surface area is 104 Å². The Morgan fingerprint density at radius 1 is 1.35 bits per heavy atom. The first-order valence-electron chi connectivity index (χ1n) is 6.74. The summed E-state index contributed by atoms with van der Waals surface area (Å²) in [7, 11) is 0. The SMILES string of the molecule is CC(C)CC[C@H](N)C(O)C(=O)NC1CCCC1. The zero-order valence-electron chi connectivity index (χ0n) is 11.0. The van der Waals surface area contributed by atoms with E-state index in [1.165, 1.54) is 12.8 Å². The number of aliphatic hydroxyl groups is 1. The maximum atomic E-state index is 11.7. The molecule has 1 fully saturated rings. The second-order valence-electron chi connectivity index (χ2n) is 5.57. The summed E-state index contributed by atoms with van der Waals surface area (Å²) < 4.78 is 0.